The standard InChI is InChI=1S/C28H35N3O6/c1-5-37-28(33)20-7-6-14-30(17-20)18-27(32)31-25(19-8-10-21(34-2)11-9-19)16-24(29-31)23-13-12-22(35-3)15-26(23)36-4/h8-13,15,20,25H,5-7,14,16-18H2,1-4H3. The minimum absolute atomic E-state index is 0.118. The molecule has 198 valence electrons. The number of ether oxygens (including phenoxy) is 4. The van der Waals surface area contributed by atoms with Crippen LogP contribution in [0.2, 0.25) is 0 Å². The van der Waals surface area contributed by atoms with Crippen LogP contribution in [0, 0.1) is 5.92 Å². The Morgan fingerprint density at radius 3 is 2.41 bits per heavy atom. The lowest BCUT2D eigenvalue weighted by molar-refractivity contribution is -0.150. The molecule has 4 rings (SSSR count). The maximum atomic E-state index is 13.6. The molecule has 0 saturated carbocycles. The Morgan fingerprint density at radius 2 is 1.73 bits per heavy atom. The molecule has 2 aliphatic rings. The highest BCUT2D eigenvalue weighted by Gasteiger charge is 2.36. The van der Waals surface area contributed by atoms with Gasteiger partial charge in [0, 0.05) is 24.6 Å². The predicted molar refractivity (Wildman–Crippen MR) is 139 cm³/mol. The Labute approximate surface area is 217 Å². The largest absolute Gasteiger partial charge is 0.497 e. The quantitative estimate of drug-likeness (QED) is 0.477. The number of benzene rings is 2. The number of hydrogen-bond donors (Lipinski definition) is 0. The van der Waals surface area contributed by atoms with E-state index in [0.29, 0.717) is 31.1 Å². The van der Waals surface area contributed by atoms with Crippen LogP contribution in [0.5, 0.6) is 17.2 Å². The lowest BCUT2D eigenvalue weighted by atomic mass is 9.97. The highest BCUT2D eigenvalue weighted by atomic mass is 16.5. The Morgan fingerprint density at radius 1 is 1.00 bits per heavy atom. The third-order valence-electron chi connectivity index (χ3n) is 6.87. The van der Waals surface area contributed by atoms with Gasteiger partial charge in [-0.05, 0) is 56.1 Å². The summed E-state index contributed by atoms with van der Waals surface area (Å²) in [5.74, 6) is 1.54. The lowest BCUT2D eigenvalue weighted by Crippen LogP contribution is -2.44. The monoisotopic (exact) mass is 509 g/mol. The number of amides is 1. The van der Waals surface area contributed by atoms with E-state index in [4.69, 9.17) is 24.0 Å². The fraction of sp³-hybridized carbons (Fsp3) is 0.464. The summed E-state index contributed by atoms with van der Waals surface area (Å²) in [5, 5.41) is 6.38. The first-order valence-electron chi connectivity index (χ1n) is 12.6. The normalized spacial score (nSPS) is 19.8. The van der Waals surface area contributed by atoms with Crippen LogP contribution in [0.15, 0.2) is 47.6 Å². The van der Waals surface area contributed by atoms with Crippen molar-refractivity contribution in [2.24, 2.45) is 11.0 Å². The van der Waals surface area contributed by atoms with Gasteiger partial charge in [0.2, 0.25) is 0 Å². The molecule has 1 saturated heterocycles. The molecule has 9 heteroatoms. The Hall–Kier alpha value is -3.59. The average molecular weight is 510 g/mol. The Bertz CT molecular complexity index is 1130. The lowest BCUT2D eigenvalue weighted by Gasteiger charge is -2.32. The van der Waals surface area contributed by atoms with E-state index in [1.54, 1.807) is 26.3 Å². The van der Waals surface area contributed by atoms with Gasteiger partial charge in [0.05, 0.1) is 52.2 Å². The van der Waals surface area contributed by atoms with Crippen LogP contribution in [0.25, 0.3) is 0 Å². The summed E-state index contributed by atoms with van der Waals surface area (Å²) in [6.07, 6.45) is 2.16. The van der Waals surface area contributed by atoms with Crippen molar-refractivity contribution in [3.63, 3.8) is 0 Å². The van der Waals surface area contributed by atoms with Crippen molar-refractivity contribution in [2.75, 3.05) is 47.6 Å². The predicted octanol–water partition coefficient (Wildman–Crippen LogP) is 3.67. The molecule has 9 nitrogen and oxygen atoms in total. The molecule has 2 aliphatic heterocycles. The summed E-state index contributed by atoms with van der Waals surface area (Å²) >= 11 is 0. The van der Waals surface area contributed by atoms with Crippen molar-refractivity contribution in [3.05, 3.63) is 53.6 Å². The van der Waals surface area contributed by atoms with Crippen LogP contribution in [-0.4, -0.2) is 75.1 Å². The molecule has 2 aromatic carbocycles. The number of rotatable bonds is 9. The maximum absolute atomic E-state index is 13.6. The zero-order chi connectivity index (χ0) is 26.4. The topological polar surface area (TPSA) is 89.9 Å². The van der Waals surface area contributed by atoms with Crippen molar-refractivity contribution >= 4 is 17.6 Å². The molecule has 0 spiro atoms. The van der Waals surface area contributed by atoms with Gasteiger partial charge in [-0.3, -0.25) is 14.5 Å². The second kappa shape index (κ2) is 12.1. The second-order valence-electron chi connectivity index (χ2n) is 9.17. The molecule has 37 heavy (non-hydrogen) atoms. The van der Waals surface area contributed by atoms with Crippen LogP contribution in [0.4, 0.5) is 0 Å². The van der Waals surface area contributed by atoms with Crippen LogP contribution >= 0.6 is 0 Å². The minimum Gasteiger partial charge on any atom is -0.497 e. The van der Waals surface area contributed by atoms with Crippen molar-refractivity contribution in [2.45, 2.75) is 32.2 Å². The van der Waals surface area contributed by atoms with Gasteiger partial charge < -0.3 is 18.9 Å². The van der Waals surface area contributed by atoms with Crippen molar-refractivity contribution in [1.82, 2.24) is 9.91 Å². The molecule has 1 fully saturated rings. The molecule has 0 aromatic heterocycles. The van der Waals surface area contributed by atoms with Gasteiger partial charge in [-0.1, -0.05) is 12.1 Å². The number of methoxy groups -OCH3 is 3. The summed E-state index contributed by atoms with van der Waals surface area (Å²) < 4.78 is 21.5. The highest BCUT2D eigenvalue weighted by Crippen LogP contribution is 2.37. The zero-order valence-electron chi connectivity index (χ0n) is 21.9. The second-order valence-corrected chi connectivity index (χ2v) is 9.17. The average Bonchev–Trinajstić information content (AvgIpc) is 3.38. The summed E-state index contributed by atoms with van der Waals surface area (Å²) in [5.41, 5.74) is 2.54. The number of esters is 1. The van der Waals surface area contributed by atoms with Crippen molar-refractivity contribution < 1.29 is 28.5 Å². The Kier molecular flexibility index (Phi) is 8.66. The number of hydrogen-bond acceptors (Lipinski definition) is 8. The molecular formula is C28H35N3O6. The van der Waals surface area contributed by atoms with Crippen LogP contribution < -0.4 is 14.2 Å². The molecule has 2 atom stereocenters. The van der Waals surface area contributed by atoms with Gasteiger partial charge in [-0.25, -0.2) is 5.01 Å². The molecule has 0 N–H and O–H groups in total. The number of likely N-dealkylation sites (tertiary alicyclic amines) is 1. The SMILES string of the molecule is CCOC(=O)C1CCCN(CC(=O)N2N=C(c3ccc(OC)cc3OC)CC2c2ccc(OC)cc2)C1. The smallest absolute Gasteiger partial charge is 0.310 e. The van der Waals surface area contributed by atoms with E-state index in [-0.39, 0.29) is 30.4 Å². The van der Waals surface area contributed by atoms with Gasteiger partial charge in [-0.2, -0.15) is 5.10 Å². The minimum atomic E-state index is -0.272. The van der Waals surface area contributed by atoms with E-state index in [1.807, 2.05) is 54.3 Å². The molecule has 0 radical (unpaired) electrons. The van der Waals surface area contributed by atoms with Crippen molar-refractivity contribution in [3.8, 4) is 17.2 Å². The van der Waals surface area contributed by atoms with Gasteiger partial charge >= 0.3 is 5.97 Å². The number of carbonyl (C=O) groups excluding carboxylic acids is 2. The molecule has 2 aromatic rings. The molecule has 2 unspecified atom stereocenters. The molecule has 0 aliphatic carbocycles. The molecule has 2 heterocycles. The van der Waals surface area contributed by atoms with E-state index < -0.39 is 0 Å². The van der Waals surface area contributed by atoms with Gasteiger partial charge in [-0.15, -0.1) is 0 Å². The van der Waals surface area contributed by atoms with E-state index in [0.717, 1.165) is 42.0 Å². The third kappa shape index (κ3) is 6.05. The third-order valence-corrected chi connectivity index (χ3v) is 6.87. The fourth-order valence-electron chi connectivity index (χ4n) is 4.94. The zero-order valence-corrected chi connectivity index (χ0v) is 21.9. The van der Waals surface area contributed by atoms with Crippen molar-refractivity contribution in [1.29, 1.82) is 0 Å². The first-order valence-corrected chi connectivity index (χ1v) is 12.6. The first-order chi connectivity index (χ1) is 18.0. The van der Waals surface area contributed by atoms with Gasteiger partial charge in [0.1, 0.15) is 17.2 Å². The number of nitrogens with zero attached hydrogens (tertiary/aromatic N) is 3. The summed E-state index contributed by atoms with van der Waals surface area (Å²) in [7, 11) is 4.84. The maximum Gasteiger partial charge on any atom is 0.310 e. The number of piperidine rings is 1. The highest BCUT2D eigenvalue weighted by molar-refractivity contribution is 6.05. The molecule has 1 amide bonds. The Balaban J connectivity index is 1.59. The summed E-state index contributed by atoms with van der Waals surface area (Å²) in [6.45, 7) is 3.61. The van der Waals surface area contributed by atoms with Crippen LogP contribution in [-0.2, 0) is 14.3 Å². The van der Waals surface area contributed by atoms with Gasteiger partial charge in [0.15, 0.2) is 0 Å². The van der Waals surface area contributed by atoms with E-state index in [1.165, 1.54) is 0 Å². The summed E-state index contributed by atoms with van der Waals surface area (Å²) in [4.78, 5) is 28.0. The van der Waals surface area contributed by atoms with Gasteiger partial charge in [0.25, 0.3) is 5.91 Å². The summed E-state index contributed by atoms with van der Waals surface area (Å²) in [6, 6.07) is 13.0. The van der Waals surface area contributed by atoms with Crippen LogP contribution in [0.1, 0.15) is 43.4 Å². The number of hydrazone groups is 1. The van der Waals surface area contributed by atoms with E-state index in [2.05, 4.69) is 0 Å². The van der Waals surface area contributed by atoms with E-state index >= 15 is 0 Å². The van der Waals surface area contributed by atoms with Crippen LogP contribution in [0.3, 0.4) is 0 Å². The van der Waals surface area contributed by atoms with E-state index in [9.17, 15) is 9.59 Å². The molecular weight excluding hydrogens is 474 g/mol. The fourth-order valence-corrected chi connectivity index (χ4v) is 4.94. The first kappa shape index (κ1) is 26.5. The molecule has 0 bridgehead atoms. The number of carbonyl (C=O) groups is 2.